The molecule has 1 heterocycles. The van der Waals surface area contributed by atoms with Crippen molar-refractivity contribution in [1.29, 1.82) is 0 Å². The molecule has 43 heavy (non-hydrogen) atoms. The highest BCUT2D eigenvalue weighted by atomic mass is 32.2. The highest BCUT2D eigenvalue weighted by Crippen LogP contribution is 2.55. The predicted molar refractivity (Wildman–Crippen MR) is 182 cm³/mol. The van der Waals surface area contributed by atoms with E-state index in [0.717, 1.165) is 0 Å². The van der Waals surface area contributed by atoms with Crippen molar-refractivity contribution in [1.82, 2.24) is 0 Å². The van der Waals surface area contributed by atoms with Crippen LogP contribution in [0.2, 0.25) is 0 Å². The number of fused-ring (bicyclic) bond motifs is 9. The standard InChI is InChI=1S/C42H32S/c1-42(2)35-14-8-7-13-33(35)34-22-19-30(25-36(34)42)26-15-17-29(18-16-26)39-40-31-11-5-3-9-27(31)20-23-37(40)43-38-24-21-28-10-4-6-12-32(28)41(38)39/h3-25,34,36,39H,1-2H3. The molecule has 0 saturated carbocycles. The Hall–Kier alpha value is -4.33. The second kappa shape index (κ2) is 9.33. The molecule has 0 N–H and O–H groups in total. The van der Waals surface area contributed by atoms with Crippen LogP contribution in [-0.2, 0) is 5.41 Å². The minimum Gasteiger partial charge on any atom is -0.0894 e. The largest absolute Gasteiger partial charge is 0.0894 e. The highest BCUT2D eigenvalue weighted by molar-refractivity contribution is 7.99. The summed E-state index contributed by atoms with van der Waals surface area (Å²) < 4.78 is 0. The van der Waals surface area contributed by atoms with Gasteiger partial charge in [-0.3, -0.25) is 0 Å². The zero-order valence-electron chi connectivity index (χ0n) is 24.4. The molecule has 0 aromatic heterocycles. The molecule has 0 fully saturated rings. The van der Waals surface area contributed by atoms with Gasteiger partial charge < -0.3 is 0 Å². The van der Waals surface area contributed by atoms with Gasteiger partial charge in [0.15, 0.2) is 0 Å². The summed E-state index contributed by atoms with van der Waals surface area (Å²) in [5.41, 5.74) is 9.96. The lowest BCUT2D eigenvalue weighted by Crippen LogP contribution is -2.25. The van der Waals surface area contributed by atoms with E-state index in [0.29, 0.717) is 11.8 Å². The van der Waals surface area contributed by atoms with Gasteiger partial charge in [0, 0.05) is 21.6 Å². The van der Waals surface area contributed by atoms with Gasteiger partial charge in [0.1, 0.15) is 0 Å². The van der Waals surface area contributed by atoms with Crippen molar-refractivity contribution >= 4 is 38.9 Å². The van der Waals surface area contributed by atoms with Gasteiger partial charge in [-0.15, -0.1) is 0 Å². The van der Waals surface area contributed by atoms with E-state index in [4.69, 9.17) is 0 Å². The average Bonchev–Trinajstić information content (AvgIpc) is 3.29. The zero-order valence-corrected chi connectivity index (χ0v) is 25.2. The fraction of sp³-hybridized carbons (Fsp3) is 0.143. The number of benzene rings is 6. The van der Waals surface area contributed by atoms with Crippen molar-refractivity contribution in [3.05, 3.63) is 173 Å². The monoisotopic (exact) mass is 568 g/mol. The first kappa shape index (κ1) is 25.2. The summed E-state index contributed by atoms with van der Waals surface area (Å²) in [6, 6.07) is 45.5. The molecule has 0 saturated heterocycles. The Balaban J connectivity index is 1.18. The Morgan fingerprint density at radius 3 is 1.88 bits per heavy atom. The number of hydrogen-bond acceptors (Lipinski definition) is 1. The maximum atomic E-state index is 2.54. The van der Waals surface area contributed by atoms with Crippen LogP contribution < -0.4 is 0 Å². The fourth-order valence-electron chi connectivity index (χ4n) is 8.17. The van der Waals surface area contributed by atoms with Crippen LogP contribution in [0, 0.1) is 5.92 Å². The van der Waals surface area contributed by atoms with E-state index in [9.17, 15) is 0 Å². The molecule has 0 nitrogen and oxygen atoms in total. The third kappa shape index (κ3) is 3.71. The third-order valence-electron chi connectivity index (χ3n) is 10.3. The minimum atomic E-state index is 0.118. The summed E-state index contributed by atoms with van der Waals surface area (Å²) in [4.78, 5) is 2.73. The highest BCUT2D eigenvalue weighted by Gasteiger charge is 2.44. The lowest BCUT2D eigenvalue weighted by atomic mass is 9.72. The van der Waals surface area contributed by atoms with Crippen molar-refractivity contribution in [2.45, 2.75) is 40.9 Å². The van der Waals surface area contributed by atoms with E-state index in [2.05, 4.69) is 153 Å². The zero-order chi connectivity index (χ0) is 28.7. The van der Waals surface area contributed by atoms with Gasteiger partial charge in [0.2, 0.25) is 0 Å². The van der Waals surface area contributed by atoms with Crippen molar-refractivity contribution < 1.29 is 0 Å². The minimum absolute atomic E-state index is 0.118. The first-order valence-electron chi connectivity index (χ1n) is 15.4. The number of allylic oxidation sites excluding steroid dienone is 4. The van der Waals surface area contributed by atoms with E-state index >= 15 is 0 Å². The second-order valence-corrected chi connectivity index (χ2v) is 14.0. The van der Waals surface area contributed by atoms with E-state index in [1.807, 2.05) is 11.8 Å². The van der Waals surface area contributed by atoms with Crippen LogP contribution in [0.15, 0.2) is 149 Å². The molecule has 2 aliphatic carbocycles. The van der Waals surface area contributed by atoms with Crippen molar-refractivity contribution in [3.8, 4) is 0 Å². The SMILES string of the molecule is CC1(C)c2ccccc2C2C=CC(c3ccc(C4c5c(ccc6ccccc56)Sc5ccc6ccccc6c54)cc3)=CC21. The summed E-state index contributed by atoms with van der Waals surface area (Å²) in [5.74, 6) is 1.10. The van der Waals surface area contributed by atoms with Crippen molar-refractivity contribution in [2.24, 2.45) is 5.92 Å². The van der Waals surface area contributed by atoms with E-state index < -0.39 is 0 Å². The quantitative estimate of drug-likeness (QED) is 0.200. The lowest BCUT2D eigenvalue weighted by molar-refractivity contribution is 0.395. The van der Waals surface area contributed by atoms with Crippen LogP contribution >= 0.6 is 11.8 Å². The van der Waals surface area contributed by atoms with E-state index in [1.165, 1.54) is 70.3 Å². The van der Waals surface area contributed by atoms with Crippen molar-refractivity contribution in [2.75, 3.05) is 0 Å². The third-order valence-corrected chi connectivity index (χ3v) is 11.5. The molecule has 1 aliphatic heterocycles. The molecule has 2 unspecified atom stereocenters. The van der Waals surface area contributed by atoms with Crippen LogP contribution in [-0.4, -0.2) is 0 Å². The molecule has 0 amide bonds. The van der Waals surface area contributed by atoms with Crippen LogP contribution in [0.4, 0.5) is 0 Å². The van der Waals surface area contributed by atoms with Gasteiger partial charge in [-0.2, -0.15) is 0 Å². The Labute approximate surface area is 257 Å². The van der Waals surface area contributed by atoms with Gasteiger partial charge in [0.25, 0.3) is 0 Å². The molecule has 9 rings (SSSR count). The molecule has 0 radical (unpaired) electrons. The van der Waals surface area contributed by atoms with E-state index in [-0.39, 0.29) is 11.3 Å². The molecule has 0 spiro atoms. The molecule has 0 bridgehead atoms. The summed E-state index contributed by atoms with van der Waals surface area (Å²) in [6.45, 7) is 4.83. The summed E-state index contributed by atoms with van der Waals surface area (Å²) >= 11 is 1.92. The first-order valence-corrected chi connectivity index (χ1v) is 16.2. The Kier molecular flexibility index (Phi) is 5.47. The van der Waals surface area contributed by atoms with Gasteiger partial charge in [0.05, 0.1) is 0 Å². The van der Waals surface area contributed by atoms with Crippen LogP contribution in [0.25, 0.3) is 27.1 Å². The van der Waals surface area contributed by atoms with Gasteiger partial charge in [-0.1, -0.05) is 153 Å². The topological polar surface area (TPSA) is 0 Å². The second-order valence-electron chi connectivity index (χ2n) is 12.9. The van der Waals surface area contributed by atoms with Gasteiger partial charge in [-0.05, 0) is 84.0 Å². The maximum absolute atomic E-state index is 2.54. The molecular formula is C42H32S. The van der Waals surface area contributed by atoms with Crippen LogP contribution in [0.5, 0.6) is 0 Å². The summed E-state index contributed by atoms with van der Waals surface area (Å²) in [6.07, 6.45) is 7.35. The normalized spacial score (nSPS) is 19.9. The molecule has 2 atom stereocenters. The van der Waals surface area contributed by atoms with Gasteiger partial charge >= 0.3 is 0 Å². The lowest BCUT2D eigenvalue weighted by Gasteiger charge is -2.32. The first-order chi connectivity index (χ1) is 21.1. The van der Waals surface area contributed by atoms with Crippen molar-refractivity contribution in [3.63, 3.8) is 0 Å². The Morgan fingerprint density at radius 2 is 1.21 bits per heavy atom. The molecule has 206 valence electrons. The predicted octanol–water partition coefficient (Wildman–Crippen LogP) is 11.3. The van der Waals surface area contributed by atoms with Crippen LogP contribution in [0.1, 0.15) is 59.1 Å². The molecular weight excluding hydrogens is 537 g/mol. The fourth-order valence-corrected chi connectivity index (χ4v) is 9.35. The number of rotatable bonds is 2. The summed E-state index contributed by atoms with van der Waals surface area (Å²) in [5, 5.41) is 5.32. The maximum Gasteiger partial charge on any atom is 0.0374 e. The van der Waals surface area contributed by atoms with Gasteiger partial charge in [-0.25, -0.2) is 0 Å². The molecule has 6 aromatic carbocycles. The van der Waals surface area contributed by atoms with E-state index in [1.54, 1.807) is 0 Å². The molecule has 3 aliphatic rings. The summed E-state index contributed by atoms with van der Waals surface area (Å²) in [7, 11) is 0. The smallest absolute Gasteiger partial charge is 0.0374 e. The average molecular weight is 569 g/mol. The Bertz CT molecular complexity index is 2060. The molecule has 6 aromatic rings. The Morgan fingerprint density at radius 1 is 0.605 bits per heavy atom. The molecule has 1 heteroatoms. The van der Waals surface area contributed by atoms with Crippen LogP contribution in [0.3, 0.4) is 0 Å². The number of hydrogen-bond donors (Lipinski definition) is 0.